The Morgan fingerprint density at radius 1 is 1.40 bits per heavy atom. The first-order chi connectivity index (χ1) is 4.66. The van der Waals surface area contributed by atoms with Gasteiger partial charge in [-0.05, 0) is 0 Å². The van der Waals surface area contributed by atoms with E-state index in [0.717, 1.165) is 6.54 Å². The van der Waals surface area contributed by atoms with Gasteiger partial charge in [-0.1, -0.05) is 20.8 Å². The summed E-state index contributed by atoms with van der Waals surface area (Å²) in [6.45, 7) is 7.48. The fraction of sp³-hybridized carbons (Fsp3) is 0.875. The maximum atomic E-state index is 3.95. The molecule has 0 aliphatic carbocycles. The lowest BCUT2D eigenvalue weighted by atomic mass is 10.2. The Hall–Kier alpha value is -0.370. The molecule has 2 heteroatoms. The number of nitrogens with one attached hydrogen (secondary N) is 1. The van der Waals surface area contributed by atoms with Crippen LogP contribution in [-0.4, -0.2) is 25.8 Å². The Kier molecular flexibility index (Phi) is 5.22. The molecule has 0 saturated heterocycles. The highest BCUT2D eigenvalue weighted by molar-refractivity contribution is 5.60. The average molecular weight is 142 g/mol. The average Bonchev–Trinajstić information content (AvgIpc) is 1.85. The van der Waals surface area contributed by atoms with E-state index in [2.05, 4.69) is 31.1 Å². The molecule has 0 aromatic heterocycles. The summed E-state index contributed by atoms with van der Waals surface area (Å²) in [5.74, 6) is 0.549. The monoisotopic (exact) mass is 142 g/mol. The van der Waals surface area contributed by atoms with Gasteiger partial charge in [0.2, 0.25) is 0 Å². The summed E-state index contributed by atoms with van der Waals surface area (Å²) in [6, 6.07) is 0.577. The summed E-state index contributed by atoms with van der Waals surface area (Å²) >= 11 is 0. The number of nitrogens with zero attached hydrogens (tertiary/aromatic N) is 1. The van der Waals surface area contributed by atoms with Gasteiger partial charge < -0.3 is 10.3 Å². The molecular weight excluding hydrogens is 124 g/mol. The van der Waals surface area contributed by atoms with Crippen molar-refractivity contribution in [2.75, 3.05) is 13.6 Å². The molecule has 0 aliphatic rings. The van der Waals surface area contributed by atoms with Gasteiger partial charge in [0.1, 0.15) is 0 Å². The number of aliphatic imine (C=N–C) groups is 1. The quantitative estimate of drug-likeness (QED) is 0.588. The van der Waals surface area contributed by atoms with Crippen LogP contribution in [0.25, 0.3) is 0 Å². The highest BCUT2D eigenvalue weighted by Crippen LogP contribution is 1.88. The third-order valence-corrected chi connectivity index (χ3v) is 1.25. The zero-order valence-electron chi connectivity index (χ0n) is 7.39. The highest BCUT2D eigenvalue weighted by Gasteiger charge is 1.97. The molecule has 0 aromatic rings. The van der Waals surface area contributed by atoms with Crippen LogP contribution in [0.3, 0.4) is 0 Å². The van der Waals surface area contributed by atoms with Gasteiger partial charge in [-0.15, -0.1) is 0 Å². The SMILES string of the molecule is CN=CC(C)CNC(C)C. The van der Waals surface area contributed by atoms with Crippen molar-refractivity contribution >= 4 is 6.21 Å². The number of hydrogen-bond acceptors (Lipinski definition) is 2. The Labute approximate surface area is 63.7 Å². The van der Waals surface area contributed by atoms with Crippen LogP contribution in [0.4, 0.5) is 0 Å². The van der Waals surface area contributed by atoms with E-state index in [4.69, 9.17) is 0 Å². The molecule has 2 nitrogen and oxygen atoms in total. The van der Waals surface area contributed by atoms with E-state index in [-0.39, 0.29) is 0 Å². The van der Waals surface area contributed by atoms with Crippen molar-refractivity contribution in [1.82, 2.24) is 5.32 Å². The van der Waals surface area contributed by atoms with Crippen LogP contribution in [0.5, 0.6) is 0 Å². The first-order valence-electron chi connectivity index (χ1n) is 3.82. The van der Waals surface area contributed by atoms with Gasteiger partial charge in [-0.3, -0.25) is 0 Å². The van der Waals surface area contributed by atoms with E-state index in [0.29, 0.717) is 12.0 Å². The molecule has 0 spiro atoms. The molecule has 0 bridgehead atoms. The predicted molar refractivity (Wildman–Crippen MR) is 46.7 cm³/mol. The van der Waals surface area contributed by atoms with Crippen molar-refractivity contribution in [3.63, 3.8) is 0 Å². The summed E-state index contributed by atoms with van der Waals surface area (Å²) in [4.78, 5) is 3.95. The van der Waals surface area contributed by atoms with Gasteiger partial charge in [0.05, 0.1) is 0 Å². The largest absolute Gasteiger partial charge is 0.314 e. The minimum absolute atomic E-state index is 0.549. The lowest BCUT2D eigenvalue weighted by Gasteiger charge is -2.09. The van der Waals surface area contributed by atoms with E-state index in [1.165, 1.54) is 0 Å². The smallest absolute Gasteiger partial charge is 0.0273 e. The summed E-state index contributed by atoms with van der Waals surface area (Å²) in [5, 5.41) is 3.34. The van der Waals surface area contributed by atoms with Crippen LogP contribution in [0, 0.1) is 5.92 Å². The molecular formula is C8H18N2. The van der Waals surface area contributed by atoms with Crippen molar-refractivity contribution in [2.45, 2.75) is 26.8 Å². The van der Waals surface area contributed by atoms with Gasteiger partial charge in [0.15, 0.2) is 0 Å². The van der Waals surface area contributed by atoms with Crippen molar-refractivity contribution in [3.05, 3.63) is 0 Å². The van der Waals surface area contributed by atoms with Crippen molar-refractivity contribution in [2.24, 2.45) is 10.9 Å². The third kappa shape index (κ3) is 5.76. The van der Waals surface area contributed by atoms with Gasteiger partial charge >= 0.3 is 0 Å². The topological polar surface area (TPSA) is 24.4 Å². The van der Waals surface area contributed by atoms with Crippen LogP contribution < -0.4 is 5.32 Å². The Morgan fingerprint density at radius 2 is 2.00 bits per heavy atom. The maximum absolute atomic E-state index is 3.95. The third-order valence-electron chi connectivity index (χ3n) is 1.25. The lowest BCUT2D eigenvalue weighted by molar-refractivity contribution is 0.551. The maximum Gasteiger partial charge on any atom is 0.0273 e. The van der Waals surface area contributed by atoms with E-state index >= 15 is 0 Å². The van der Waals surface area contributed by atoms with Crippen molar-refractivity contribution in [1.29, 1.82) is 0 Å². The van der Waals surface area contributed by atoms with Crippen LogP contribution in [0.2, 0.25) is 0 Å². The molecule has 0 radical (unpaired) electrons. The summed E-state index contributed by atoms with van der Waals surface area (Å²) in [5.41, 5.74) is 0. The fourth-order valence-corrected chi connectivity index (χ4v) is 0.729. The molecule has 0 aliphatic heterocycles. The summed E-state index contributed by atoms with van der Waals surface area (Å²) < 4.78 is 0. The molecule has 1 unspecified atom stereocenters. The Balaban J connectivity index is 3.30. The molecule has 0 aromatic carbocycles. The first kappa shape index (κ1) is 9.63. The lowest BCUT2D eigenvalue weighted by Crippen LogP contribution is -2.28. The normalized spacial score (nSPS) is 14.9. The van der Waals surface area contributed by atoms with Gasteiger partial charge in [0, 0.05) is 31.8 Å². The predicted octanol–water partition coefficient (Wildman–Crippen LogP) is 1.32. The zero-order valence-corrected chi connectivity index (χ0v) is 7.39. The summed E-state index contributed by atoms with van der Waals surface area (Å²) in [7, 11) is 1.81. The zero-order chi connectivity index (χ0) is 7.98. The standard InChI is InChI=1S/C8H18N2/c1-7(2)10-6-8(3)5-9-4/h5,7-8,10H,6H2,1-4H3. The Morgan fingerprint density at radius 3 is 2.40 bits per heavy atom. The molecule has 0 heterocycles. The summed E-state index contributed by atoms with van der Waals surface area (Å²) in [6.07, 6.45) is 1.97. The van der Waals surface area contributed by atoms with E-state index in [1.807, 2.05) is 13.3 Å². The van der Waals surface area contributed by atoms with Gasteiger partial charge in [0.25, 0.3) is 0 Å². The highest BCUT2D eigenvalue weighted by atomic mass is 14.9. The van der Waals surface area contributed by atoms with E-state index < -0.39 is 0 Å². The number of rotatable bonds is 4. The number of hydrogen-bond donors (Lipinski definition) is 1. The van der Waals surface area contributed by atoms with Crippen LogP contribution in [-0.2, 0) is 0 Å². The second-order valence-electron chi connectivity index (χ2n) is 2.95. The Bertz CT molecular complexity index is 97.4. The molecule has 10 heavy (non-hydrogen) atoms. The van der Waals surface area contributed by atoms with Crippen molar-refractivity contribution in [3.8, 4) is 0 Å². The minimum Gasteiger partial charge on any atom is -0.314 e. The fourth-order valence-electron chi connectivity index (χ4n) is 0.729. The molecule has 0 fully saturated rings. The van der Waals surface area contributed by atoms with Crippen LogP contribution in [0.1, 0.15) is 20.8 Å². The van der Waals surface area contributed by atoms with Gasteiger partial charge in [-0.25, -0.2) is 0 Å². The molecule has 0 rings (SSSR count). The minimum atomic E-state index is 0.549. The second kappa shape index (κ2) is 5.42. The van der Waals surface area contributed by atoms with Crippen molar-refractivity contribution < 1.29 is 0 Å². The van der Waals surface area contributed by atoms with Crippen LogP contribution >= 0.6 is 0 Å². The van der Waals surface area contributed by atoms with Crippen LogP contribution in [0.15, 0.2) is 4.99 Å². The molecule has 0 saturated carbocycles. The van der Waals surface area contributed by atoms with Gasteiger partial charge in [-0.2, -0.15) is 0 Å². The first-order valence-corrected chi connectivity index (χ1v) is 3.82. The molecule has 1 atom stereocenters. The molecule has 1 N–H and O–H groups in total. The van der Waals surface area contributed by atoms with E-state index in [1.54, 1.807) is 0 Å². The second-order valence-corrected chi connectivity index (χ2v) is 2.95. The van der Waals surface area contributed by atoms with E-state index in [9.17, 15) is 0 Å². The molecule has 60 valence electrons. The molecule has 0 amide bonds.